The van der Waals surface area contributed by atoms with E-state index in [4.69, 9.17) is 16.3 Å². The van der Waals surface area contributed by atoms with Crippen LogP contribution in [0.15, 0.2) is 47.3 Å². The number of carbonyl (C=O) groups excluding carboxylic acids is 1. The number of aromatic nitrogens is 1. The third-order valence-electron chi connectivity index (χ3n) is 5.28. The molecule has 3 rings (SSSR count). The summed E-state index contributed by atoms with van der Waals surface area (Å²) < 4.78 is 72.0. The smallest absolute Gasteiger partial charge is 0.278 e. The molecule has 0 aliphatic rings. The summed E-state index contributed by atoms with van der Waals surface area (Å²) in [5.41, 5.74) is -0.596. The molecule has 2 aromatic carbocycles. The Morgan fingerprint density at radius 3 is 2.39 bits per heavy atom. The fourth-order valence-electron chi connectivity index (χ4n) is 3.37. The molecule has 192 valence electrons. The van der Waals surface area contributed by atoms with Crippen molar-refractivity contribution < 1.29 is 31.1 Å². The van der Waals surface area contributed by atoms with Gasteiger partial charge >= 0.3 is 0 Å². The van der Waals surface area contributed by atoms with Gasteiger partial charge in [-0.25, -0.2) is 21.6 Å². The van der Waals surface area contributed by atoms with Gasteiger partial charge in [-0.15, -0.1) is 0 Å². The second-order valence-electron chi connectivity index (χ2n) is 7.83. The SMILES string of the molecule is CCS(=O)(=O)CC(=O)NCc1cc(F)ccc1COc1cc(C)n(-c2c(F)cccc2F)c(=O)c1Cl. The average Bonchev–Trinajstić information content (AvgIpc) is 2.81. The second kappa shape index (κ2) is 11.2. The lowest BCUT2D eigenvalue weighted by atomic mass is 10.1. The zero-order valence-electron chi connectivity index (χ0n) is 19.3. The number of carbonyl (C=O) groups is 1. The van der Waals surface area contributed by atoms with Crippen molar-refractivity contribution in [3.8, 4) is 11.4 Å². The quantitative estimate of drug-likeness (QED) is 0.443. The molecule has 0 atom stereocenters. The molecule has 3 aromatic rings. The van der Waals surface area contributed by atoms with Crippen molar-refractivity contribution in [3.05, 3.63) is 92.1 Å². The number of amides is 1. The van der Waals surface area contributed by atoms with Crippen LogP contribution in [0, 0.1) is 24.4 Å². The van der Waals surface area contributed by atoms with Crippen molar-refractivity contribution in [1.29, 1.82) is 0 Å². The zero-order chi connectivity index (χ0) is 26.6. The van der Waals surface area contributed by atoms with Gasteiger partial charge in [-0.3, -0.25) is 14.2 Å². The first-order valence-electron chi connectivity index (χ1n) is 10.7. The highest BCUT2D eigenvalue weighted by Gasteiger charge is 2.20. The molecule has 1 amide bonds. The van der Waals surface area contributed by atoms with Crippen molar-refractivity contribution in [2.75, 3.05) is 11.5 Å². The summed E-state index contributed by atoms with van der Waals surface area (Å²) in [6, 6.07) is 8.23. The predicted octanol–water partition coefficient (Wildman–Crippen LogP) is 3.85. The second-order valence-corrected chi connectivity index (χ2v) is 10.6. The van der Waals surface area contributed by atoms with Crippen LogP contribution in [0.1, 0.15) is 23.7 Å². The Balaban J connectivity index is 1.83. The van der Waals surface area contributed by atoms with Crippen LogP contribution < -0.4 is 15.6 Å². The Kier molecular flexibility index (Phi) is 8.47. The maximum absolute atomic E-state index is 14.2. The summed E-state index contributed by atoms with van der Waals surface area (Å²) in [4.78, 5) is 24.8. The summed E-state index contributed by atoms with van der Waals surface area (Å²) in [6.45, 7) is 2.49. The molecule has 0 saturated heterocycles. The van der Waals surface area contributed by atoms with E-state index in [1.165, 1.54) is 32.0 Å². The molecule has 36 heavy (non-hydrogen) atoms. The van der Waals surface area contributed by atoms with E-state index in [1.54, 1.807) is 0 Å². The molecule has 1 aromatic heterocycles. The molecule has 0 fully saturated rings. The highest BCUT2D eigenvalue weighted by molar-refractivity contribution is 7.92. The summed E-state index contributed by atoms with van der Waals surface area (Å²) in [7, 11) is -3.53. The summed E-state index contributed by atoms with van der Waals surface area (Å²) in [5, 5.41) is 2.00. The Hall–Kier alpha value is -3.31. The number of rotatable bonds is 9. The average molecular weight is 543 g/mol. The minimum atomic E-state index is -3.53. The number of halogens is 4. The molecule has 0 saturated carbocycles. The van der Waals surface area contributed by atoms with Crippen molar-refractivity contribution in [2.45, 2.75) is 27.0 Å². The molecule has 0 spiro atoms. The fraction of sp³-hybridized carbons (Fsp3) is 0.250. The molecule has 0 radical (unpaired) electrons. The number of nitrogens with zero attached hydrogens (tertiary/aromatic N) is 1. The van der Waals surface area contributed by atoms with Crippen LogP contribution >= 0.6 is 11.6 Å². The van der Waals surface area contributed by atoms with Crippen LogP contribution in [0.2, 0.25) is 5.02 Å². The highest BCUT2D eigenvalue weighted by atomic mass is 35.5. The van der Waals surface area contributed by atoms with E-state index >= 15 is 0 Å². The van der Waals surface area contributed by atoms with Crippen molar-refractivity contribution >= 4 is 27.3 Å². The van der Waals surface area contributed by atoms with Crippen LogP contribution in [0.5, 0.6) is 5.75 Å². The fourth-order valence-corrected chi connectivity index (χ4v) is 4.27. The predicted molar refractivity (Wildman–Crippen MR) is 129 cm³/mol. The number of hydrogen-bond donors (Lipinski definition) is 1. The minimum absolute atomic E-state index is 0.0690. The van der Waals surface area contributed by atoms with Gasteiger partial charge in [0, 0.05) is 24.1 Å². The van der Waals surface area contributed by atoms with Gasteiger partial charge in [0.25, 0.3) is 5.56 Å². The Bertz CT molecular complexity index is 1460. The van der Waals surface area contributed by atoms with Crippen LogP contribution in [0.25, 0.3) is 5.69 Å². The highest BCUT2D eigenvalue weighted by Crippen LogP contribution is 2.27. The molecular weight excluding hydrogens is 521 g/mol. The Morgan fingerprint density at radius 1 is 1.08 bits per heavy atom. The van der Waals surface area contributed by atoms with Crippen LogP contribution in [-0.2, 0) is 27.8 Å². The van der Waals surface area contributed by atoms with Crippen LogP contribution in [0.4, 0.5) is 13.2 Å². The Labute approximate surface area is 210 Å². The van der Waals surface area contributed by atoms with Gasteiger partial charge in [0.1, 0.15) is 46.3 Å². The van der Waals surface area contributed by atoms with Gasteiger partial charge in [0.15, 0.2) is 9.84 Å². The van der Waals surface area contributed by atoms with Crippen LogP contribution in [0.3, 0.4) is 0 Å². The summed E-state index contributed by atoms with van der Waals surface area (Å²) in [5.74, 6) is -4.19. The number of sulfone groups is 1. The number of hydrogen-bond acceptors (Lipinski definition) is 5. The molecule has 0 unspecified atom stereocenters. The van der Waals surface area contributed by atoms with Gasteiger partial charge in [-0.2, -0.15) is 0 Å². The normalized spacial score (nSPS) is 11.4. The number of benzene rings is 2. The number of nitrogens with one attached hydrogen (secondary N) is 1. The summed E-state index contributed by atoms with van der Waals surface area (Å²) in [6.07, 6.45) is 0. The van der Waals surface area contributed by atoms with Crippen molar-refractivity contribution in [2.24, 2.45) is 0 Å². The Morgan fingerprint density at radius 2 is 1.75 bits per heavy atom. The van der Waals surface area contributed by atoms with E-state index in [9.17, 15) is 31.2 Å². The molecule has 0 bridgehead atoms. The maximum atomic E-state index is 14.2. The van der Waals surface area contributed by atoms with E-state index in [2.05, 4.69) is 5.32 Å². The van der Waals surface area contributed by atoms with Gasteiger partial charge in [-0.1, -0.05) is 30.7 Å². The molecule has 12 heteroatoms. The van der Waals surface area contributed by atoms with E-state index in [0.29, 0.717) is 11.1 Å². The molecule has 1 N–H and O–H groups in total. The van der Waals surface area contributed by atoms with E-state index in [1.807, 2.05) is 0 Å². The first-order chi connectivity index (χ1) is 16.9. The lowest BCUT2D eigenvalue weighted by Crippen LogP contribution is -2.31. The molecule has 0 aliphatic carbocycles. The zero-order valence-corrected chi connectivity index (χ0v) is 20.9. The van der Waals surface area contributed by atoms with Gasteiger partial charge in [0.2, 0.25) is 5.91 Å². The molecule has 7 nitrogen and oxygen atoms in total. The molecular formula is C24H22ClF3N2O5S. The molecule has 0 aliphatic heterocycles. The van der Waals surface area contributed by atoms with E-state index < -0.39 is 55.2 Å². The lowest BCUT2D eigenvalue weighted by molar-refractivity contribution is -0.118. The number of para-hydroxylation sites is 1. The van der Waals surface area contributed by atoms with Crippen molar-refractivity contribution in [1.82, 2.24) is 9.88 Å². The van der Waals surface area contributed by atoms with Gasteiger partial charge in [0.05, 0.1) is 0 Å². The minimum Gasteiger partial charge on any atom is -0.487 e. The number of ether oxygens (including phenoxy) is 1. The van der Waals surface area contributed by atoms with Gasteiger partial charge < -0.3 is 10.1 Å². The standard InChI is InChI=1S/C24H22ClF3N2O5S/c1-3-36(33,34)13-21(31)29-11-16-10-17(26)8-7-15(16)12-35-20-9-14(2)30(24(32)22(20)25)23-18(27)5-4-6-19(23)28/h4-10H,3,11-13H2,1-2H3,(H,29,31). The third kappa shape index (κ3) is 6.27. The summed E-state index contributed by atoms with van der Waals surface area (Å²) >= 11 is 6.16. The third-order valence-corrected chi connectivity index (χ3v) is 7.21. The van der Waals surface area contributed by atoms with E-state index in [-0.39, 0.29) is 30.3 Å². The number of pyridine rings is 1. The molecule has 1 heterocycles. The first kappa shape index (κ1) is 27.3. The van der Waals surface area contributed by atoms with Crippen LogP contribution in [-0.4, -0.2) is 30.4 Å². The topological polar surface area (TPSA) is 94.5 Å². The van der Waals surface area contributed by atoms with E-state index in [0.717, 1.165) is 28.8 Å². The van der Waals surface area contributed by atoms with Gasteiger partial charge in [-0.05, 0) is 42.3 Å². The van der Waals surface area contributed by atoms with Crippen molar-refractivity contribution in [3.63, 3.8) is 0 Å². The lowest BCUT2D eigenvalue weighted by Gasteiger charge is -2.16. The first-order valence-corrected chi connectivity index (χ1v) is 12.9. The largest absolute Gasteiger partial charge is 0.487 e. The monoisotopic (exact) mass is 542 g/mol. The number of aryl methyl sites for hydroxylation is 1. The maximum Gasteiger partial charge on any atom is 0.278 e.